The highest BCUT2D eigenvalue weighted by Gasteiger charge is 2.28. The van der Waals surface area contributed by atoms with Crippen molar-refractivity contribution in [3.63, 3.8) is 0 Å². The molecule has 6 heteroatoms. The normalized spacial score (nSPS) is 19.0. The molecule has 1 unspecified atom stereocenters. The van der Waals surface area contributed by atoms with Crippen LogP contribution in [0.15, 0.2) is 18.2 Å². The van der Waals surface area contributed by atoms with E-state index in [1.807, 2.05) is 16.5 Å². The van der Waals surface area contributed by atoms with Crippen LogP contribution in [-0.4, -0.2) is 32.2 Å². The Morgan fingerprint density at radius 3 is 2.96 bits per heavy atom. The highest BCUT2D eigenvalue weighted by Crippen LogP contribution is 2.33. The Labute approximate surface area is 148 Å². The van der Waals surface area contributed by atoms with Crippen LogP contribution >= 0.6 is 0 Å². The number of hydrogen-bond donors (Lipinski definition) is 1. The average Bonchev–Trinajstić information content (AvgIpc) is 3.16. The summed E-state index contributed by atoms with van der Waals surface area (Å²) in [6.07, 6.45) is 2.01. The Balaban J connectivity index is 1.47. The molecule has 1 aromatic heterocycles. The summed E-state index contributed by atoms with van der Waals surface area (Å²) < 4.78 is 1.90. The molecular weight excluding hydrogens is 314 g/mol. The van der Waals surface area contributed by atoms with E-state index in [9.17, 15) is 4.79 Å². The Morgan fingerprint density at radius 2 is 2.16 bits per heavy atom. The molecule has 1 atom stereocenters. The second-order valence-electron chi connectivity index (χ2n) is 7.37. The van der Waals surface area contributed by atoms with Crippen molar-refractivity contribution in [3.05, 3.63) is 46.5 Å². The predicted octanol–water partition coefficient (Wildman–Crippen LogP) is 2.92. The molecule has 25 heavy (non-hydrogen) atoms. The zero-order valence-corrected chi connectivity index (χ0v) is 15.1. The molecule has 2 heterocycles. The molecule has 1 N–H and O–H groups in total. The van der Waals surface area contributed by atoms with Gasteiger partial charge in [-0.1, -0.05) is 32.0 Å². The first kappa shape index (κ1) is 16.1. The fourth-order valence-electron chi connectivity index (χ4n) is 3.80. The summed E-state index contributed by atoms with van der Waals surface area (Å²) in [5.41, 5.74) is 3.99. The van der Waals surface area contributed by atoms with Crippen molar-refractivity contribution in [2.45, 2.75) is 58.7 Å². The molecular formula is C19H25N5O. The van der Waals surface area contributed by atoms with Gasteiger partial charge in [-0.2, -0.15) is 5.10 Å². The molecule has 2 amide bonds. The molecule has 132 valence electrons. The van der Waals surface area contributed by atoms with Gasteiger partial charge >= 0.3 is 6.03 Å². The van der Waals surface area contributed by atoms with Crippen LogP contribution in [0.1, 0.15) is 60.6 Å². The summed E-state index contributed by atoms with van der Waals surface area (Å²) in [6.45, 7) is 8.21. The first-order valence-electron chi connectivity index (χ1n) is 9.09. The molecule has 2 aliphatic rings. The molecule has 0 bridgehead atoms. The zero-order valence-electron chi connectivity index (χ0n) is 15.1. The van der Waals surface area contributed by atoms with Crippen molar-refractivity contribution >= 4 is 6.03 Å². The van der Waals surface area contributed by atoms with Crippen LogP contribution < -0.4 is 5.32 Å². The highest BCUT2D eigenvalue weighted by molar-refractivity contribution is 5.75. The van der Waals surface area contributed by atoms with Gasteiger partial charge in [0, 0.05) is 6.54 Å². The zero-order chi connectivity index (χ0) is 17.6. The Kier molecular flexibility index (Phi) is 3.98. The SMILES string of the molecule is Cc1nc2n(n1)CCN(C(=O)NC1CCc3ccc(C(C)C)cc31)C2. The van der Waals surface area contributed by atoms with Crippen LogP contribution in [0, 0.1) is 6.92 Å². The topological polar surface area (TPSA) is 63.1 Å². The molecule has 6 nitrogen and oxygen atoms in total. The fraction of sp³-hybridized carbons (Fsp3) is 0.526. The molecule has 1 aliphatic carbocycles. The minimum absolute atomic E-state index is 0.000275. The number of carbonyl (C=O) groups excluding carboxylic acids is 1. The summed E-state index contributed by atoms with van der Waals surface area (Å²) in [4.78, 5) is 19.0. The van der Waals surface area contributed by atoms with E-state index >= 15 is 0 Å². The van der Waals surface area contributed by atoms with E-state index in [2.05, 4.69) is 47.4 Å². The van der Waals surface area contributed by atoms with E-state index in [0.29, 0.717) is 25.6 Å². The third kappa shape index (κ3) is 3.01. The molecule has 0 saturated heterocycles. The molecule has 0 fully saturated rings. The van der Waals surface area contributed by atoms with Crippen molar-refractivity contribution < 1.29 is 4.79 Å². The predicted molar refractivity (Wildman–Crippen MR) is 95.3 cm³/mol. The Morgan fingerprint density at radius 1 is 1.32 bits per heavy atom. The molecule has 0 radical (unpaired) electrons. The van der Waals surface area contributed by atoms with E-state index < -0.39 is 0 Å². The largest absolute Gasteiger partial charge is 0.331 e. The average molecular weight is 339 g/mol. The van der Waals surface area contributed by atoms with Crippen LogP contribution in [0.5, 0.6) is 0 Å². The summed E-state index contributed by atoms with van der Waals surface area (Å²) in [7, 11) is 0. The summed E-state index contributed by atoms with van der Waals surface area (Å²) >= 11 is 0. The number of carbonyl (C=O) groups is 1. The maximum absolute atomic E-state index is 12.8. The summed E-state index contributed by atoms with van der Waals surface area (Å²) in [5.74, 6) is 2.13. The van der Waals surface area contributed by atoms with Gasteiger partial charge in [0.1, 0.15) is 11.6 Å². The molecule has 1 aromatic carbocycles. The van der Waals surface area contributed by atoms with Crippen LogP contribution in [-0.2, 0) is 19.5 Å². The number of nitrogens with zero attached hydrogens (tertiary/aromatic N) is 4. The lowest BCUT2D eigenvalue weighted by atomic mass is 9.97. The van der Waals surface area contributed by atoms with E-state index in [-0.39, 0.29) is 12.1 Å². The molecule has 0 spiro atoms. The number of rotatable bonds is 2. The molecule has 2 aromatic rings. The van der Waals surface area contributed by atoms with Gasteiger partial charge in [-0.25, -0.2) is 14.5 Å². The van der Waals surface area contributed by atoms with Crippen molar-refractivity contribution in [3.8, 4) is 0 Å². The third-order valence-electron chi connectivity index (χ3n) is 5.27. The number of aromatic nitrogens is 3. The van der Waals surface area contributed by atoms with Crippen LogP contribution in [0.3, 0.4) is 0 Å². The number of benzene rings is 1. The number of fused-ring (bicyclic) bond motifs is 2. The summed E-state index contributed by atoms with van der Waals surface area (Å²) in [5, 5.41) is 7.59. The quantitative estimate of drug-likeness (QED) is 0.915. The number of amides is 2. The van der Waals surface area contributed by atoms with Gasteiger partial charge in [0.2, 0.25) is 0 Å². The smallest absolute Gasteiger partial charge is 0.318 e. The van der Waals surface area contributed by atoms with Crippen LogP contribution in [0.4, 0.5) is 4.79 Å². The monoisotopic (exact) mass is 339 g/mol. The van der Waals surface area contributed by atoms with E-state index in [1.54, 1.807) is 0 Å². The van der Waals surface area contributed by atoms with E-state index in [4.69, 9.17) is 0 Å². The molecule has 4 rings (SSSR count). The summed E-state index contributed by atoms with van der Waals surface area (Å²) in [6, 6.07) is 6.83. The lowest BCUT2D eigenvalue weighted by Gasteiger charge is -2.28. The van der Waals surface area contributed by atoms with Gasteiger partial charge in [-0.3, -0.25) is 0 Å². The molecule has 0 saturated carbocycles. The van der Waals surface area contributed by atoms with Gasteiger partial charge in [-0.05, 0) is 42.4 Å². The van der Waals surface area contributed by atoms with Gasteiger partial charge in [0.25, 0.3) is 0 Å². The lowest BCUT2D eigenvalue weighted by Crippen LogP contribution is -2.45. The first-order valence-corrected chi connectivity index (χ1v) is 9.09. The van der Waals surface area contributed by atoms with Crippen molar-refractivity contribution in [1.82, 2.24) is 25.0 Å². The van der Waals surface area contributed by atoms with E-state index in [1.165, 1.54) is 16.7 Å². The number of aryl methyl sites for hydroxylation is 2. The highest BCUT2D eigenvalue weighted by atomic mass is 16.2. The molecule has 1 aliphatic heterocycles. The standard InChI is InChI=1S/C19H25N5O/c1-12(2)15-5-4-14-6-7-17(16(14)10-15)21-19(25)23-8-9-24-18(11-23)20-13(3)22-24/h4-5,10,12,17H,6-9,11H2,1-3H3,(H,21,25). The number of nitrogens with one attached hydrogen (secondary N) is 1. The third-order valence-corrected chi connectivity index (χ3v) is 5.27. The minimum Gasteiger partial charge on any atom is -0.331 e. The first-order chi connectivity index (χ1) is 12.0. The second-order valence-corrected chi connectivity index (χ2v) is 7.37. The van der Waals surface area contributed by atoms with Gasteiger partial charge in [0.05, 0.1) is 19.1 Å². The van der Waals surface area contributed by atoms with E-state index in [0.717, 1.165) is 24.5 Å². The maximum Gasteiger partial charge on any atom is 0.318 e. The maximum atomic E-state index is 12.8. The number of hydrogen-bond acceptors (Lipinski definition) is 3. The van der Waals surface area contributed by atoms with Gasteiger partial charge < -0.3 is 10.2 Å². The van der Waals surface area contributed by atoms with Gasteiger partial charge in [0.15, 0.2) is 0 Å². The van der Waals surface area contributed by atoms with Crippen molar-refractivity contribution in [1.29, 1.82) is 0 Å². The second kappa shape index (κ2) is 6.17. The van der Waals surface area contributed by atoms with Crippen molar-refractivity contribution in [2.24, 2.45) is 0 Å². The Hall–Kier alpha value is -2.37. The van der Waals surface area contributed by atoms with Gasteiger partial charge in [-0.15, -0.1) is 0 Å². The Bertz CT molecular complexity index is 810. The number of urea groups is 1. The van der Waals surface area contributed by atoms with Crippen LogP contribution in [0.2, 0.25) is 0 Å². The minimum atomic E-state index is -0.000275. The van der Waals surface area contributed by atoms with Crippen molar-refractivity contribution in [2.75, 3.05) is 6.54 Å². The fourth-order valence-corrected chi connectivity index (χ4v) is 3.80. The van der Waals surface area contributed by atoms with Crippen LogP contribution in [0.25, 0.3) is 0 Å². The lowest BCUT2D eigenvalue weighted by molar-refractivity contribution is 0.176.